The van der Waals surface area contributed by atoms with Crippen LogP contribution >= 0.6 is 11.3 Å². The average molecular weight is 445 g/mol. The fourth-order valence-electron chi connectivity index (χ4n) is 4.41. The number of ether oxygens (including phenoxy) is 1. The SMILES string of the molecule is CC(C)c1nc2sc3c(N(C[C@H](C)O)C[C@H](C)O)ncnc3c2c2c1COC(C)(C)C2. The number of rotatable bonds is 6. The van der Waals surface area contributed by atoms with Gasteiger partial charge in [-0.25, -0.2) is 15.0 Å². The lowest BCUT2D eigenvalue weighted by Crippen LogP contribution is -2.37. The van der Waals surface area contributed by atoms with E-state index in [2.05, 4.69) is 37.7 Å². The molecule has 0 saturated carbocycles. The van der Waals surface area contributed by atoms with Crippen LogP contribution in [0.3, 0.4) is 0 Å². The number of aliphatic hydroxyl groups excluding tert-OH is 2. The minimum Gasteiger partial charge on any atom is -0.392 e. The predicted molar refractivity (Wildman–Crippen MR) is 125 cm³/mol. The van der Waals surface area contributed by atoms with Crippen molar-refractivity contribution in [2.75, 3.05) is 18.0 Å². The number of fused-ring (bicyclic) bond motifs is 5. The lowest BCUT2D eigenvalue weighted by atomic mass is 9.87. The summed E-state index contributed by atoms with van der Waals surface area (Å²) < 4.78 is 7.08. The van der Waals surface area contributed by atoms with Crippen LogP contribution in [0.2, 0.25) is 0 Å². The lowest BCUT2D eigenvalue weighted by molar-refractivity contribution is -0.0402. The molecule has 3 aromatic rings. The van der Waals surface area contributed by atoms with Gasteiger partial charge in [-0.1, -0.05) is 13.8 Å². The minimum absolute atomic E-state index is 0.246. The molecule has 0 aliphatic carbocycles. The molecular formula is C23H32N4O3S. The van der Waals surface area contributed by atoms with E-state index in [-0.39, 0.29) is 5.60 Å². The summed E-state index contributed by atoms with van der Waals surface area (Å²) in [6.45, 7) is 13.4. The summed E-state index contributed by atoms with van der Waals surface area (Å²) in [5, 5.41) is 21.2. The van der Waals surface area contributed by atoms with E-state index in [0.29, 0.717) is 25.6 Å². The molecular weight excluding hydrogens is 412 g/mol. The van der Waals surface area contributed by atoms with E-state index in [9.17, 15) is 10.2 Å². The van der Waals surface area contributed by atoms with E-state index in [1.807, 2.05) is 4.90 Å². The van der Waals surface area contributed by atoms with Crippen molar-refractivity contribution in [1.82, 2.24) is 15.0 Å². The highest BCUT2D eigenvalue weighted by Crippen LogP contribution is 2.43. The van der Waals surface area contributed by atoms with Gasteiger partial charge in [-0.2, -0.15) is 0 Å². The lowest BCUT2D eigenvalue weighted by Gasteiger charge is -2.33. The summed E-state index contributed by atoms with van der Waals surface area (Å²) in [6.07, 6.45) is 1.29. The smallest absolute Gasteiger partial charge is 0.150 e. The molecule has 31 heavy (non-hydrogen) atoms. The molecule has 0 saturated heterocycles. The van der Waals surface area contributed by atoms with E-state index >= 15 is 0 Å². The van der Waals surface area contributed by atoms with Crippen LogP contribution < -0.4 is 4.90 Å². The number of thiophene rings is 1. The van der Waals surface area contributed by atoms with Gasteiger partial charge in [0.05, 0.1) is 40.3 Å². The van der Waals surface area contributed by atoms with Gasteiger partial charge in [0.1, 0.15) is 17.0 Å². The predicted octanol–water partition coefficient (Wildman–Crippen LogP) is 3.78. The molecule has 2 N–H and O–H groups in total. The number of pyridine rings is 1. The molecule has 0 unspecified atom stereocenters. The molecule has 2 atom stereocenters. The topological polar surface area (TPSA) is 91.6 Å². The summed E-state index contributed by atoms with van der Waals surface area (Å²) in [7, 11) is 0. The van der Waals surface area contributed by atoms with Crippen molar-refractivity contribution in [3.8, 4) is 0 Å². The molecule has 7 nitrogen and oxygen atoms in total. The third-order valence-corrected chi connectivity index (χ3v) is 6.73. The van der Waals surface area contributed by atoms with Gasteiger partial charge in [0.15, 0.2) is 0 Å². The Hall–Kier alpha value is -1.87. The van der Waals surface area contributed by atoms with Gasteiger partial charge in [0, 0.05) is 30.5 Å². The fraction of sp³-hybridized carbons (Fsp3) is 0.609. The number of anilines is 1. The fourth-order valence-corrected chi connectivity index (χ4v) is 5.59. The van der Waals surface area contributed by atoms with Crippen molar-refractivity contribution in [2.24, 2.45) is 0 Å². The molecule has 1 aliphatic heterocycles. The number of aromatic nitrogens is 3. The highest BCUT2D eigenvalue weighted by atomic mass is 32.1. The van der Waals surface area contributed by atoms with Gasteiger partial charge in [0.25, 0.3) is 0 Å². The van der Waals surface area contributed by atoms with Crippen LogP contribution in [-0.4, -0.2) is 56.1 Å². The first-order valence-corrected chi connectivity index (χ1v) is 11.7. The molecule has 0 radical (unpaired) electrons. The van der Waals surface area contributed by atoms with Crippen LogP contribution in [0, 0.1) is 0 Å². The highest BCUT2D eigenvalue weighted by Gasteiger charge is 2.32. The van der Waals surface area contributed by atoms with Gasteiger partial charge in [-0.15, -0.1) is 11.3 Å². The van der Waals surface area contributed by atoms with Crippen LogP contribution in [0.1, 0.15) is 64.3 Å². The molecule has 0 amide bonds. The zero-order valence-electron chi connectivity index (χ0n) is 19.1. The van der Waals surface area contributed by atoms with Crippen LogP contribution in [0.4, 0.5) is 5.82 Å². The Bertz CT molecular complexity index is 1100. The largest absolute Gasteiger partial charge is 0.392 e. The van der Waals surface area contributed by atoms with Gasteiger partial charge >= 0.3 is 0 Å². The van der Waals surface area contributed by atoms with Crippen molar-refractivity contribution in [3.63, 3.8) is 0 Å². The quantitative estimate of drug-likeness (QED) is 0.598. The number of nitrogens with zero attached hydrogens (tertiary/aromatic N) is 4. The van der Waals surface area contributed by atoms with Crippen LogP contribution in [0.5, 0.6) is 0 Å². The monoisotopic (exact) mass is 444 g/mol. The molecule has 0 fully saturated rings. The molecule has 0 aromatic carbocycles. The summed E-state index contributed by atoms with van der Waals surface area (Å²) in [5.41, 5.74) is 4.20. The Labute approximate surface area is 187 Å². The third kappa shape index (κ3) is 4.26. The first-order valence-electron chi connectivity index (χ1n) is 10.9. The van der Waals surface area contributed by atoms with Gasteiger partial charge in [0.2, 0.25) is 0 Å². The summed E-state index contributed by atoms with van der Waals surface area (Å²) in [6, 6.07) is 0. The van der Waals surface area contributed by atoms with E-state index < -0.39 is 12.2 Å². The second-order valence-electron chi connectivity index (χ2n) is 9.59. The Morgan fingerprint density at radius 1 is 1.10 bits per heavy atom. The average Bonchev–Trinajstić information content (AvgIpc) is 3.04. The van der Waals surface area contributed by atoms with Crippen molar-refractivity contribution in [1.29, 1.82) is 0 Å². The van der Waals surface area contributed by atoms with E-state index in [1.165, 1.54) is 11.1 Å². The minimum atomic E-state index is -0.547. The Morgan fingerprint density at radius 2 is 1.77 bits per heavy atom. The van der Waals surface area contributed by atoms with Crippen molar-refractivity contribution >= 4 is 37.6 Å². The maximum atomic E-state index is 10.0. The van der Waals surface area contributed by atoms with E-state index in [1.54, 1.807) is 31.5 Å². The molecule has 0 spiro atoms. The number of hydrogen-bond acceptors (Lipinski definition) is 8. The second kappa shape index (κ2) is 8.24. The molecule has 3 aromatic heterocycles. The molecule has 4 heterocycles. The van der Waals surface area contributed by atoms with Crippen molar-refractivity contribution in [2.45, 2.75) is 78.3 Å². The maximum absolute atomic E-state index is 10.0. The maximum Gasteiger partial charge on any atom is 0.150 e. The Kier molecular flexibility index (Phi) is 5.93. The van der Waals surface area contributed by atoms with Crippen LogP contribution in [0.15, 0.2) is 6.33 Å². The van der Waals surface area contributed by atoms with Crippen LogP contribution in [0.25, 0.3) is 20.4 Å². The Morgan fingerprint density at radius 3 is 2.39 bits per heavy atom. The van der Waals surface area contributed by atoms with Gasteiger partial charge in [-0.3, -0.25) is 0 Å². The van der Waals surface area contributed by atoms with Crippen molar-refractivity contribution < 1.29 is 14.9 Å². The molecule has 168 valence electrons. The second-order valence-corrected chi connectivity index (χ2v) is 10.6. The molecule has 0 bridgehead atoms. The van der Waals surface area contributed by atoms with Crippen molar-refractivity contribution in [3.05, 3.63) is 23.1 Å². The number of hydrogen-bond donors (Lipinski definition) is 2. The Balaban J connectivity index is 1.99. The normalized spacial score (nSPS) is 17.8. The summed E-state index contributed by atoms with van der Waals surface area (Å²) in [4.78, 5) is 17.2. The molecule has 4 rings (SSSR count). The molecule has 8 heteroatoms. The van der Waals surface area contributed by atoms with E-state index in [0.717, 1.165) is 38.4 Å². The zero-order chi connectivity index (χ0) is 22.5. The first kappa shape index (κ1) is 22.3. The molecule has 1 aliphatic rings. The van der Waals surface area contributed by atoms with Crippen LogP contribution in [-0.2, 0) is 17.8 Å². The zero-order valence-corrected chi connectivity index (χ0v) is 20.0. The third-order valence-electron chi connectivity index (χ3n) is 5.66. The highest BCUT2D eigenvalue weighted by molar-refractivity contribution is 7.26. The number of aliphatic hydroxyl groups is 2. The standard InChI is InChI=1S/C23H32N4O3S/c1-12(2)18-16-10-30-23(5,6)7-15(16)17-19-20(31-22(17)26-18)21(25-11-24-19)27(8-13(3)28)9-14(4)29/h11-14,28-29H,7-10H2,1-6H3/t13-,14-/m0/s1. The van der Waals surface area contributed by atoms with Gasteiger partial charge < -0.3 is 19.8 Å². The summed E-state index contributed by atoms with van der Waals surface area (Å²) >= 11 is 1.59. The van der Waals surface area contributed by atoms with Gasteiger partial charge in [-0.05, 0) is 39.2 Å². The first-order chi connectivity index (χ1) is 14.6. The summed E-state index contributed by atoms with van der Waals surface area (Å²) in [5.74, 6) is 1.03. The van der Waals surface area contributed by atoms with E-state index in [4.69, 9.17) is 9.72 Å².